The second kappa shape index (κ2) is 5.64. The van der Waals surface area contributed by atoms with E-state index in [0.29, 0.717) is 0 Å². The highest BCUT2D eigenvalue weighted by Crippen LogP contribution is 2.17. The maximum Gasteiger partial charge on any atom is 0.00579 e. The maximum atomic E-state index is 5.68. The molecule has 1 fully saturated rings. The summed E-state index contributed by atoms with van der Waals surface area (Å²) in [5.74, 6) is 0.781. The van der Waals surface area contributed by atoms with Crippen LogP contribution in [0.1, 0.15) is 17.7 Å². The van der Waals surface area contributed by atoms with Crippen LogP contribution in [0.15, 0.2) is 17.5 Å². The molecule has 0 saturated carbocycles. The van der Waals surface area contributed by atoms with Gasteiger partial charge in [0.25, 0.3) is 0 Å². The Balaban J connectivity index is 1.69. The topological polar surface area (TPSA) is 29.3 Å². The van der Waals surface area contributed by atoms with Gasteiger partial charge in [-0.15, -0.1) is 11.3 Å². The molecule has 1 aliphatic rings. The van der Waals surface area contributed by atoms with Crippen molar-refractivity contribution in [3.63, 3.8) is 0 Å². The van der Waals surface area contributed by atoms with Gasteiger partial charge in [0, 0.05) is 11.4 Å². The minimum absolute atomic E-state index is 0.781. The lowest BCUT2D eigenvalue weighted by molar-refractivity contribution is 0.190. The molecule has 1 saturated heterocycles. The second-order valence-corrected chi connectivity index (χ2v) is 5.38. The molecule has 1 aromatic rings. The average Bonchev–Trinajstić information content (AvgIpc) is 2.80. The molecule has 0 unspecified atom stereocenters. The van der Waals surface area contributed by atoms with Gasteiger partial charge < -0.3 is 10.6 Å². The Morgan fingerprint density at radius 1 is 1.40 bits per heavy atom. The molecular formula is C12H20N2S. The zero-order chi connectivity index (χ0) is 10.5. The number of likely N-dealkylation sites (tertiary alicyclic amines) is 1. The molecule has 0 bridgehead atoms. The molecule has 0 aliphatic carbocycles. The first-order valence-electron chi connectivity index (χ1n) is 5.83. The van der Waals surface area contributed by atoms with Crippen LogP contribution in [-0.4, -0.2) is 31.1 Å². The predicted octanol–water partition coefficient (Wildman–Crippen LogP) is 1.96. The van der Waals surface area contributed by atoms with E-state index in [-0.39, 0.29) is 0 Å². The zero-order valence-corrected chi connectivity index (χ0v) is 10.0. The summed E-state index contributed by atoms with van der Waals surface area (Å²) in [7, 11) is 0. The van der Waals surface area contributed by atoms with Gasteiger partial charge in [0.2, 0.25) is 0 Å². The van der Waals surface area contributed by atoms with E-state index in [1.807, 2.05) is 11.3 Å². The van der Waals surface area contributed by atoms with Gasteiger partial charge in [-0.2, -0.15) is 0 Å². The Hall–Kier alpha value is -0.380. The van der Waals surface area contributed by atoms with E-state index in [1.165, 1.54) is 43.8 Å². The third kappa shape index (κ3) is 3.30. The van der Waals surface area contributed by atoms with E-state index in [0.717, 1.165) is 12.5 Å². The van der Waals surface area contributed by atoms with Crippen molar-refractivity contribution in [3.8, 4) is 0 Å². The van der Waals surface area contributed by atoms with Gasteiger partial charge in [0.15, 0.2) is 0 Å². The maximum absolute atomic E-state index is 5.68. The number of hydrogen-bond acceptors (Lipinski definition) is 3. The Kier molecular flexibility index (Phi) is 4.18. The van der Waals surface area contributed by atoms with Crippen LogP contribution in [0, 0.1) is 5.92 Å². The van der Waals surface area contributed by atoms with Crippen molar-refractivity contribution in [1.29, 1.82) is 0 Å². The van der Waals surface area contributed by atoms with Crippen molar-refractivity contribution in [2.75, 3.05) is 26.2 Å². The second-order valence-electron chi connectivity index (χ2n) is 4.35. The van der Waals surface area contributed by atoms with Crippen LogP contribution in [0.2, 0.25) is 0 Å². The normalized spacial score (nSPS) is 19.5. The largest absolute Gasteiger partial charge is 0.330 e. The van der Waals surface area contributed by atoms with Gasteiger partial charge in [-0.25, -0.2) is 0 Å². The molecule has 84 valence electrons. The number of thiophene rings is 1. The molecule has 0 atom stereocenters. The fraction of sp³-hybridized carbons (Fsp3) is 0.667. The molecule has 1 aliphatic heterocycles. The highest BCUT2D eigenvalue weighted by Gasteiger charge is 2.17. The van der Waals surface area contributed by atoms with Crippen LogP contribution in [0.25, 0.3) is 0 Å². The molecule has 1 aromatic heterocycles. The van der Waals surface area contributed by atoms with Crippen molar-refractivity contribution >= 4 is 11.3 Å². The van der Waals surface area contributed by atoms with Crippen LogP contribution in [-0.2, 0) is 6.42 Å². The average molecular weight is 224 g/mol. The lowest BCUT2D eigenvalue weighted by Crippen LogP contribution is -2.37. The standard InChI is InChI=1S/C12H20N2S/c13-10-11-3-6-14(7-4-11)8-5-12-2-1-9-15-12/h1-2,9,11H,3-8,10,13H2. The molecular weight excluding hydrogens is 204 g/mol. The third-order valence-electron chi connectivity index (χ3n) is 3.30. The molecule has 3 heteroatoms. The number of nitrogens with two attached hydrogens (primary N) is 1. The number of hydrogen-bond donors (Lipinski definition) is 1. The molecule has 2 heterocycles. The van der Waals surface area contributed by atoms with Crippen molar-refractivity contribution in [2.45, 2.75) is 19.3 Å². The van der Waals surface area contributed by atoms with Gasteiger partial charge in [-0.1, -0.05) is 6.07 Å². The summed E-state index contributed by atoms with van der Waals surface area (Å²) in [6.07, 6.45) is 3.80. The summed E-state index contributed by atoms with van der Waals surface area (Å²) in [5, 5.41) is 2.16. The highest BCUT2D eigenvalue weighted by molar-refractivity contribution is 7.09. The molecule has 0 radical (unpaired) electrons. The minimum Gasteiger partial charge on any atom is -0.330 e. The van der Waals surface area contributed by atoms with Gasteiger partial charge in [0.1, 0.15) is 0 Å². The van der Waals surface area contributed by atoms with E-state index in [1.54, 1.807) is 0 Å². The first-order valence-corrected chi connectivity index (χ1v) is 6.71. The van der Waals surface area contributed by atoms with Gasteiger partial charge in [-0.05, 0) is 56.3 Å². The van der Waals surface area contributed by atoms with E-state index in [4.69, 9.17) is 5.73 Å². The van der Waals surface area contributed by atoms with E-state index in [9.17, 15) is 0 Å². The number of rotatable bonds is 4. The predicted molar refractivity (Wildman–Crippen MR) is 66.2 cm³/mol. The molecule has 15 heavy (non-hydrogen) atoms. The first kappa shape index (κ1) is 11.1. The fourth-order valence-corrected chi connectivity index (χ4v) is 2.87. The summed E-state index contributed by atoms with van der Waals surface area (Å²) >= 11 is 1.87. The molecule has 2 rings (SSSR count). The lowest BCUT2D eigenvalue weighted by Gasteiger charge is -2.31. The van der Waals surface area contributed by atoms with Gasteiger partial charge >= 0.3 is 0 Å². The highest BCUT2D eigenvalue weighted by atomic mass is 32.1. The molecule has 0 aromatic carbocycles. The Morgan fingerprint density at radius 3 is 2.80 bits per heavy atom. The smallest absolute Gasteiger partial charge is 0.00579 e. The van der Waals surface area contributed by atoms with Crippen LogP contribution < -0.4 is 5.73 Å². The molecule has 0 amide bonds. The summed E-state index contributed by atoms with van der Waals surface area (Å²) < 4.78 is 0. The summed E-state index contributed by atoms with van der Waals surface area (Å²) in [6, 6.07) is 4.37. The van der Waals surface area contributed by atoms with Crippen molar-refractivity contribution < 1.29 is 0 Å². The third-order valence-corrected chi connectivity index (χ3v) is 4.23. The Morgan fingerprint density at radius 2 is 2.20 bits per heavy atom. The minimum atomic E-state index is 0.781. The first-order chi connectivity index (χ1) is 7.38. The van der Waals surface area contributed by atoms with Crippen LogP contribution in [0.3, 0.4) is 0 Å². The fourth-order valence-electron chi connectivity index (χ4n) is 2.17. The molecule has 2 nitrogen and oxygen atoms in total. The zero-order valence-electron chi connectivity index (χ0n) is 9.19. The Bertz CT molecular complexity index is 263. The van der Waals surface area contributed by atoms with Gasteiger partial charge in [-0.3, -0.25) is 0 Å². The van der Waals surface area contributed by atoms with E-state index in [2.05, 4.69) is 22.4 Å². The SMILES string of the molecule is NCC1CCN(CCc2cccs2)CC1. The number of piperidine rings is 1. The van der Waals surface area contributed by atoms with Gasteiger partial charge in [0.05, 0.1) is 0 Å². The number of nitrogens with zero attached hydrogens (tertiary/aromatic N) is 1. The van der Waals surface area contributed by atoms with Crippen LogP contribution in [0.4, 0.5) is 0 Å². The Labute approximate surface area is 96.1 Å². The summed E-state index contributed by atoms with van der Waals surface area (Å²) in [6.45, 7) is 4.58. The van der Waals surface area contributed by atoms with Crippen LogP contribution in [0.5, 0.6) is 0 Å². The van der Waals surface area contributed by atoms with Crippen molar-refractivity contribution in [2.24, 2.45) is 11.7 Å². The van der Waals surface area contributed by atoms with Crippen molar-refractivity contribution in [1.82, 2.24) is 4.90 Å². The quantitative estimate of drug-likeness (QED) is 0.847. The molecule has 0 spiro atoms. The van der Waals surface area contributed by atoms with Crippen LogP contribution >= 0.6 is 11.3 Å². The van der Waals surface area contributed by atoms with Crippen molar-refractivity contribution in [3.05, 3.63) is 22.4 Å². The lowest BCUT2D eigenvalue weighted by atomic mass is 9.97. The summed E-state index contributed by atoms with van der Waals surface area (Å²) in [4.78, 5) is 4.09. The van der Waals surface area contributed by atoms with E-state index < -0.39 is 0 Å². The monoisotopic (exact) mass is 224 g/mol. The molecule has 2 N–H and O–H groups in total. The summed E-state index contributed by atoms with van der Waals surface area (Å²) in [5.41, 5.74) is 5.68. The van der Waals surface area contributed by atoms with E-state index >= 15 is 0 Å².